The number of hydrogen-bond donors (Lipinski definition) is 0. The van der Waals surface area contributed by atoms with Crippen LogP contribution >= 0.6 is 0 Å². The highest BCUT2D eigenvalue weighted by atomic mass is 32.2. The Labute approximate surface area is 164 Å². The summed E-state index contributed by atoms with van der Waals surface area (Å²) in [6.45, 7) is 0.178. The van der Waals surface area contributed by atoms with Gasteiger partial charge in [0.05, 0.1) is 4.90 Å². The summed E-state index contributed by atoms with van der Waals surface area (Å²) in [5, 5.41) is 3.35. The van der Waals surface area contributed by atoms with E-state index in [1.165, 1.54) is 21.3 Å². The molecule has 0 radical (unpaired) electrons. The van der Waals surface area contributed by atoms with Crippen molar-refractivity contribution in [2.75, 3.05) is 26.2 Å². The number of hydrogen-bond acceptors (Lipinski definition) is 4. The standard InChI is InChI=1S/C17H18F4N4O3S/c18-13-2-4-14(5-3-13)29(27,28)25-8-1-7-23(10-11-25)16(26)12-24-9-6-15(22-24)17(19,20)21/h2-6,9H,1,7-8,10-12H2. The van der Waals surface area contributed by atoms with Crippen LogP contribution in [-0.4, -0.2) is 59.5 Å². The summed E-state index contributed by atoms with van der Waals surface area (Å²) in [4.78, 5) is 13.8. The van der Waals surface area contributed by atoms with Gasteiger partial charge in [0, 0.05) is 32.4 Å². The number of nitrogens with zero attached hydrogens (tertiary/aromatic N) is 4. The lowest BCUT2D eigenvalue weighted by atomic mass is 10.4. The summed E-state index contributed by atoms with van der Waals surface area (Å²) in [5.41, 5.74) is -1.09. The number of amides is 1. The van der Waals surface area contributed by atoms with Crippen molar-refractivity contribution in [3.63, 3.8) is 0 Å². The van der Waals surface area contributed by atoms with Crippen LogP contribution in [0, 0.1) is 5.82 Å². The molecule has 1 fully saturated rings. The number of carbonyl (C=O) groups excluding carboxylic acids is 1. The van der Waals surface area contributed by atoms with E-state index in [2.05, 4.69) is 5.10 Å². The molecule has 1 aromatic heterocycles. The summed E-state index contributed by atoms with van der Waals surface area (Å²) in [5.74, 6) is -1.01. The van der Waals surface area contributed by atoms with E-state index in [4.69, 9.17) is 0 Å². The van der Waals surface area contributed by atoms with Gasteiger partial charge < -0.3 is 4.90 Å². The fourth-order valence-electron chi connectivity index (χ4n) is 2.98. The smallest absolute Gasteiger partial charge is 0.340 e. The van der Waals surface area contributed by atoms with Gasteiger partial charge in [-0.15, -0.1) is 0 Å². The molecular weight excluding hydrogens is 416 g/mol. The molecule has 3 rings (SSSR count). The topological polar surface area (TPSA) is 75.5 Å². The van der Waals surface area contributed by atoms with Crippen LogP contribution in [-0.2, 0) is 27.5 Å². The molecule has 0 N–H and O–H groups in total. The summed E-state index contributed by atoms with van der Waals surface area (Å²) in [6, 6.07) is 5.25. The molecule has 2 heterocycles. The zero-order valence-corrected chi connectivity index (χ0v) is 16.0. The Morgan fingerprint density at radius 1 is 1.03 bits per heavy atom. The van der Waals surface area contributed by atoms with E-state index < -0.39 is 33.6 Å². The average molecular weight is 434 g/mol. The highest BCUT2D eigenvalue weighted by Gasteiger charge is 2.34. The number of halogens is 4. The van der Waals surface area contributed by atoms with Crippen LogP contribution in [0.15, 0.2) is 41.4 Å². The van der Waals surface area contributed by atoms with Crippen LogP contribution in [0.5, 0.6) is 0 Å². The van der Waals surface area contributed by atoms with E-state index in [1.54, 1.807) is 0 Å². The fourth-order valence-corrected chi connectivity index (χ4v) is 4.45. The van der Waals surface area contributed by atoms with Crippen LogP contribution in [0.1, 0.15) is 12.1 Å². The van der Waals surface area contributed by atoms with Gasteiger partial charge in [-0.05, 0) is 36.8 Å². The molecule has 0 spiro atoms. The maximum atomic E-state index is 13.0. The minimum Gasteiger partial charge on any atom is -0.340 e. The van der Waals surface area contributed by atoms with Gasteiger partial charge in [0.1, 0.15) is 12.4 Å². The zero-order valence-electron chi connectivity index (χ0n) is 15.1. The van der Waals surface area contributed by atoms with Crippen molar-refractivity contribution in [3.05, 3.63) is 48.0 Å². The van der Waals surface area contributed by atoms with Crippen molar-refractivity contribution < 1.29 is 30.8 Å². The maximum Gasteiger partial charge on any atom is 0.435 e. The first kappa shape index (κ1) is 21.2. The first-order valence-electron chi connectivity index (χ1n) is 8.71. The summed E-state index contributed by atoms with van der Waals surface area (Å²) >= 11 is 0. The van der Waals surface area contributed by atoms with Crippen LogP contribution in [0.4, 0.5) is 17.6 Å². The average Bonchev–Trinajstić information content (AvgIpc) is 2.97. The maximum absolute atomic E-state index is 13.0. The Bertz CT molecular complexity index is 973. The Balaban J connectivity index is 1.64. The quantitative estimate of drug-likeness (QED) is 0.690. The number of carbonyl (C=O) groups is 1. The van der Waals surface area contributed by atoms with Gasteiger partial charge in [-0.3, -0.25) is 9.48 Å². The molecule has 0 atom stereocenters. The predicted molar refractivity (Wildman–Crippen MR) is 93.6 cm³/mol. The molecule has 2 aromatic rings. The zero-order chi connectivity index (χ0) is 21.2. The van der Waals surface area contributed by atoms with E-state index in [-0.39, 0.29) is 37.6 Å². The number of sulfonamides is 1. The van der Waals surface area contributed by atoms with Crippen LogP contribution in [0.2, 0.25) is 0 Å². The summed E-state index contributed by atoms with van der Waals surface area (Å²) in [7, 11) is -3.84. The van der Waals surface area contributed by atoms with Crippen molar-refractivity contribution in [2.24, 2.45) is 0 Å². The third-order valence-electron chi connectivity index (χ3n) is 4.49. The van der Waals surface area contributed by atoms with Crippen molar-refractivity contribution in [1.29, 1.82) is 0 Å². The van der Waals surface area contributed by atoms with Gasteiger partial charge in [0.15, 0.2) is 5.69 Å². The minimum atomic E-state index is -4.59. The lowest BCUT2D eigenvalue weighted by Gasteiger charge is -2.22. The number of rotatable bonds is 4. The highest BCUT2D eigenvalue weighted by molar-refractivity contribution is 7.89. The Morgan fingerprint density at radius 3 is 2.34 bits per heavy atom. The molecule has 29 heavy (non-hydrogen) atoms. The van der Waals surface area contributed by atoms with E-state index >= 15 is 0 Å². The summed E-state index contributed by atoms with van der Waals surface area (Å²) in [6.07, 6.45) is -3.16. The van der Waals surface area contributed by atoms with Crippen molar-refractivity contribution in [3.8, 4) is 0 Å². The molecule has 0 unspecified atom stereocenters. The van der Waals surface area contributed by atoms with E-state index in [9.17, 15) is 30.8 Å². The Morgan fingerprint density at radius 2 is 1.72 bits per heavy atom. The van der Waals surface area contributed by atoms with Crippen LogP contribution < -0.4 is 0 Å². The van der Waals surface area contributed by atoms with Crippen LogP contribution in [0.3, 0.4) is 0 Å². The van der Waals surface area contributed by atoms with Gasteiger partial charge in [-0.1, -0.05) is 0 Å². The first-order chi connectivity index (χ1) is 13.6. The lowest BCUT2D eigenvalue weighted by molar-refractivity contribution is -0.142. The van der Waals surface area contributed by atoms with Crippen molar-refractivity contribution in [1.82, 2.24) is 19.0 Å². The van der Waals surface area contributed by atoms with Crippen molar-refractivity contribution in [2.45, 2.75) is 24.0 Å². The number of alkyl halides is 3. The molecule has 1 aliphatic rings. The first-order valence-corrected chi connectivity index (χ1v) is 10.2. The molecular formula is C17H18F4N4O3S. The predicted octanol–water partition coefficient (Wildman–Crippen LogP) is 1.96. The largest absolute Gasteiger partial charge is 0.435 e. The lowest BCUT2D eigenvalue weighted by Crippen LogP contribution is -2.38. The van der Waals surface area contributed by atoms with E-state index in [0.717, 1.165) is 29.1 Å². The second-order valence-electron chi connectivity index (χ2n) is 6.49. The highest BCUT2D eigenvalue weighted by Crippen LogP contribution is 2.27. The molecule has 1 aromatic carbocycles. The molecule has 1 saturated heterocycles. The molecule has 0 aliphatic carbocycles. The SMILES string of the molecule is O=C(Cn1ccc(C(F)(F)F)n1)N1CCCN(S(=O)(=O)c2ccc(F)cc2)CC1. The third-order valence-corrected chi connectivity index (χ3v) is 6.40. The normalized spacial score (nSPS) is 16.6. The molecule has 7 nitrogen and oxygen atoms in total. The van der Waals surface area contributed by atoms with Gasteiger partial charge in [0.25, 0.3) is 0 Å². The second-order valence-corrected chi connectivity index (χ2v) is 8.43. The van der Waals surface area contributed by atoms with E-state index in [1.807, 2.05) is 0 Å². The fraction of sp³-hybridized carbons (Fsp3) is 0.412. The number of aromatic nitrogens is 2. The van der Waals surface area contributed by atoms with Gasteiger partial charge in [0.2, 0.25) is 15.9 Å². The molecule has 1 amide bonds. The molecule has 1 aliphatic heterocycles. The van der Waals surface area contributed by atoms with E-state index in [0.29, 0.717) is 6.42 Å². The third kappa shape index (κ3) is 4.93. The van der Waals surface area contributed by atoms with Crippen molar-refractivity contribution >= 4 is 15.9 Å². The molecule has 0 bridgehead atoms. The Kier molecular flexibility index (Phi) is 5.94. The minimum absolute atomic E-state index is 0.0261. The summed E-state index contributed by atoms with van der Waals surface area (Å²) < 4.78 is 78.4. The Hall–Kier alpha value is -2.47. The van der Waals surface area contributed by atoms with Crippen LogP contribution in [0.25, 0.3) is 0 Å². The molecule has 0 saturated carbocycles. The number of benzene rings is 1. The van der Waals surface area contributed by atoms with Gasteiger partial charge >= 0.3 is 6.18 Å². The monoisotopic (exact) mass is 434 g/mol. The molecule has 158 valence electrons. The second kappa shape index (κ2) is 8.11. The van der Waals surface area contributed by atoms with Gasteiger partial charge in [-0.25, -0.2) is 12.8 Å². The molecule has 12 heteroatoms. The van der Waals surface area contributed by atoms with Gasteiger partial charge in [-0.2, -0.15) is 22.6 Å².